The maximum absolute atomic E-state index is 5.78. The third-order valence-electron chi connectivity index (χ3n) is 2.25. The molecular weight excluding hydrogens is 174 g/mol. The van der Waals surface area contributed by atoms with E-state index in [1.165, 1.54) is 11.3 Å². The zero-order valence-corrected chi connectivity index (χ0v) is 8.90. The van der Waals surface area contributed by atoms with Crippen molar-refractivity contribution in [3.63, 3.8) is 0 Å². The number of hydrogen-bond donors (Lipinski definition) is 2. The van der Waals surface area contributed by atoms with Gasteiger partial charge < -0.3 is 16.4 Å². The number of rotatable bonds is 4. The molecule has 1 atom stereocenters. The van der Waals surface area contributed by atoms with Gasteiger partial charge in [0.1, 0.15) is 0 Å². The van der Waals surface area contributed by atoms with Gasteiger partial charge in [0.2, 0.25) is 0 Å². The number of aryl methyl sites for hydroxylation is 1. The lowest BCUT2D eigenvalue weighted by Crippen LogP contribution is -2.40. The highest BCUT2D eigenvalue weighted by molar-refractivity contribution is 5.47. The summed E-state index contributed by atoms with van der Waals surface area (Å²) in [5.74, 6) is 0. The summed E-state index contributed by atoms with van der Waals surface area (Å²) in [5, 5.41) is 0. The zero-order valence-electron chi connectivity index (χ0n) is 8.90. The third-order valence-corrected chi connectivity index (χ3v) is 2.25. The molecule has 0 aromatic heterocycles. The Hall–Kier alpha value is -1.06. The number of hydrogen-bond acceptors (Lipinski definition) is 3. The molecule has 0 heterocycles. The maximum atomic E-state index is 5.78. The molecule has 0 fully saturated rings. The molecule has 1 aromatic carbocycles. The van der Waals surface area contributed by atoms with E-state index in [2.05, 4.69) is 36.1 Å². The molecule has 3 nitrogen and oxygen atoms in total. The quantitative estimate of drug-likeness (QED) is 0.740. The first-order chi connectivity index (χ1) is 6.63. The van der Waals surface area contributed by atoms with E-state index in [1.807, 2.05) is 7.05 Å². The highest BCUT2D eigenvalue weighted by atomic mass is 15.1. The summed E-state index contributed by atoms with van der Waals surface area (Å²) >= 11 is 0. The van der Waals surface area contributed by atoms with Gasteiger partial charge in [0.25, 0.3) is 0 Å². The lowest BCUT2D eigenvalue weighted by atomic mass is 10.2. The minimum atomic E-state index is 0.0421. The van der Waals surface area contributed by atoms with E-state index in [-0.39, 0.29) is 6.04 Å². The predicted molar refractivity (Wildman–Crippen MR) is 61.5 cm³/mol. The number of benzene rings is 1. The molecule has 3 heteroatoms. The van der Waals surface area contributed by atoms with Crippen molar-refractivity contribution >= 4 is 5.69 Å². The molecule has 0 aliphatic carbocycles. The van der Waals surface area contributed by atoms with Gasteiger partial charge in [0.15, 0.2) is 0 Å². The maximum Gasteiger partial charge on any atom is 0.0366 e. The number of likely N-dealkylation sites (N-methyl/N-ethyl adjacent to an activating group) is 1. The van der Waals surface area contributed by atoms with Crippen molar-refractivity contribution in [2.75, 3.05) is 25.0 Å². The summed E-state index contributed by atoms with van der Waals surface area (Å²) in [5.41, 5.74) is 13.7. The Kier molecular flexibility index (Phi) is 3.92. The van der Waals surface area contributed by atoms with Crippen molar-refractivity contribution in [1.82, 2.24) is 0 Å². The lowest BCUT2D eigenvalue weighted by molar-refractivity contribution is 0.668. The fourth-order valence-electron chi connectivity index (χ4n) is 1.40. The van der Waals surface area contributed by atoms with Crippen LogP contribution in [0.5, 0.6) is 0 Å². The second-order valence-corrected chi connectivity index (χ2v) is 3.72. The van der Waals surface area contributed by atoms with E-state index < -0.39 is 0 Å². The molecule has 0 amide bonds. The fraction of sp³-hybridized carbons (Fsp3) is 0.455. The van der Waals surface area contributed by atoms with Crippen molar-refractivity contribution in [2.45, 2.75) is 13.0 Å². The molecule has 0 bridgehead atoms. The van der Waals surface area contributed by atoms with Gasteiger partial charge in [-0.1, -0.05) is 12.1 Å². The second kappa shape index (κ2) is 4.98. The molecule has 0 saturated heterocycles. The Balaban J connectivity index is 2.64. The van der Waals surface area contributed by atoms with Crippen LogP contribution in [0.25, 0.3) is 0 Å². The van der Waals surface area contributed by atoms with Gasteiger partial charge in [0.05, 0.1) is 0 Å². The van der Waals surface area contributed by atoms with E-state index in [4.69, 9.17) is 11.5 Å². The summed E-state index contributed by atoms with van der Waals surface area (Å²) in [6.07, 6.45) is 0. The molecule has 4 N–H and O–H groups in total. The normalized spacial score (nSPS) is 12.6. The molecule has 0 spiro atoms. The highest BCUT2D eigenvalue weighted by Crippen LogP contribution is 2.13. The topological polar surface area (TPSA) is 55.3 Å². The largest absolute Gasteiger partial charge is 0.373 e. The molecule has 78 valence electrons. The van der Waals surface area contributed by atoms with E-state index in [9.17, 15) is 0 Å². The van der Waals surface area contributed by atoms with Crippen molar-refractivity contribution in [3.8, 4) is 0 Å². The monoisotopic (exact) mass is 193 g/mol. The summed E-state index contributed by atoms with van der Waals surface area (Å²) in [4.78, 5) is 2.13. The Labute approximate surface area is 85.7 Å². The molecule has 0 radical (unpaired) electrons. The summed E-state index contributed by atoms with van der Waals surface area (Å²) in [6, 6.07) is 8.40. The first-order valence-corrected chi connectivity index (χ1v) is 4.87. The average Bonchev–Trinajstić information content (AvgIpc) is 2.17. The smallest absolute Gasteiger partial charge is 0.0366 e. The van der Waals surface area contributed by atoms with Gasteiger partial charge in [-0.15, -0.1) is 0 Å². The van der Waals surface area contributed by atoms with Crippen LogP contribution in [0, 0.1) is 6.92 Å². The summed E-state index contributed by atoms with van der Waals surface area (Å²) in [6.45, 7) is 3.40. The van der Waals surface area contributed by atoms with Crippen LogP contribution >= 0.6 is 0 Å². The van der Waals surface area contributed by atoms with Crippen molar-refractivity contribution in [2.24, 2.45) is 11.5 Å². The summed E-state index contributed by atoms with van der Waals surface area (Å²) < 4.78 is 0. The van der Waals surface area contributed by atoms with Gasteiger partial charge >= 0.3 is 0 Å². The Morgan fingerprint density at radius 3 is 2.71 bits per heavy atom. The van der Waals surface area contributed by atoms with Gasteiger partial charge in [-0.25, -0.2) is 0 Å². The van der Waals surface area contributed by atoms with Gasteiger partial charge in [0, 0.05) is 31.9 Å². The van der Waals surface area contributed by atoms with Gasteiger partial charge in [-0.05, 0) is 24.6 Å². The predicted octanol–water partition coefficient (Wildman–Crippen LogP) is 0.717. The molecular formula is C11H19N3. The first-order valence-electron chi connectivity index (χ1n) is 4.87. The van der Waals surface area contributed by atoms with E-state index in [1.54, 1.807) is 0 Å². The van der Waals surface area contributed by atoms with Crippen molar-refractivity contribution < 1.29 is 0 Å². The molecule has 0 aliphatic heterocycles. The van der Waals surface area contributed by atoms with E-state index in [0.717, 1.165) is 6.54 Å². The zero-order chi connectivity index (χ0) is 10.6. The van der Waals surface area contributed by atoms with Crippen LogP contribution in [0.1, 0.15) is 5.56 Å². The van der Waals surface area contributed by atoms with Crippen LogP contribution in [-0.4, -0.2) is 26.2 Å². The van der Waals surface area contributed by atoms with Crippen LogP contribution in [0.15, 0.2) is 24.3 Å². The Morgan fingerprint density at radius 1 is 1.43 bits per heavy atom. The van der Waals surface area contributed by atoms with E-state index in [0.29, 0.717) is 6.54 Å². The molecule has 0 aliphatic rings. The van der Waals surface area contributed by atoms with Crippen molar-refractivity contribution in [3.05, 3.63) is 29.8 Å². The van der Waals surface area contributed by atoms with Crippen molar-refractivity contribution in [1.29, 1.82) is 0 Å². The minimum absolute atomic E-state index is 0.0421. The molecule has 14 heavy (non-hydrogen) atoms. The highest BCUT2D eigenvalue weighted by Gasteiger charge is 2.05. The van der Waals surface area contributed by atoms with Gasteiger partial charge in [-0.2, -0.15) is 0 Å². The van der Waals surface area contributed by atoms with Crippen LogP contribution in [0.4, 0.5) is 5.69 Å². The average molecular weight is 193 g/mol. The summed E-state index contributed by atoms with van der Waals surface area (Å²) in [7, 11) is 2.03. The molecule has 0 saturated carbocycles. The fourth-order valence-corrected chi connectivity index (χ4v) is 1.40. The van der Waals surface area contributed by atoms with Crippen LogP contribution in [0.3, 0.4) is 0 Å². The van der Waals surface area contributed by atoms with Crippen LogP contribution in [0.2, 0.25) is 0 Å². The standard InChI is InChI=1S/C11H19N3/c1-9-4-3-5-11(6-9)14(2)8-10(13)7-12/h3-6,10H,7-8,12-13H2,1-2H3. The SMILES string of the molecule is Cc1cccc(N(C)CC(N)CN)c1. The number of nitrogens with two attached hydrogens (primary N) is 2. The van der Waals surface area contributed by atoms with E-state index >= 15 is 0 Å². The molecule has 1 rings (SSSR count). The Morgan fingerprint density at radius 2 is 2.14 bits per heavy atom. The first kappa shape index (κ1) is 11.0. The second-order valence-electron chi connectivity index (χ2n) is 3.72. The van der Waals surface area contributed by atoms with Crippen LogP contribution < -0.4 is 16.4 Å². The third kappa shape index (κ3) is 3.01. The lowest BCUT2D eigenvalue weighted by Gasteiger charge is -2.22. The van der Waals surface area contributed by atoms with Gasteiger partial charge in [-0.3, -0.25) is 0 Å². The number of nitrogens with zero attached hydrogens (tertiary/aromatic N) is 1. The molecule has 1 aromatic rings. The molecule has 1 unspecified atom stereocenters. The van der Waals surface area contributed by atoms with Crippen LogP contribution in [-0.2, 0) is 0 Å². The minimum Gasteiger partial charge on any atom is -0.373 e. The number of anilines is 1. The Bertz CT molecular complexity index is 286.